The van der Waals surface area contributed by atoms with Gasteiger partial charge >= 0.3 is 0 Å². The maximum absolute atomic E-state index is 5.24. The summed E-state index contributed by atoms with van der Waals surface area (Å²) >= 11 is 5.06. The van der Waals surface area contributed by atoms with Crippen LogP contribution in [0.25, 0.3) is 0 Å². The maximum atomic E-state index is 5.24. The van der Waals surface area contributed by atoms with Crippen LogP contribution >= 0.6 is 27.3 Å². The van der Waals surface area contributed by atoms with Gasteiger partial charge in [-0.3, -0.25) is 10.2 Å². The van der Waals surface area contributed by atoms with E-state index in [1.54, 1.807) is 11.3 Å². The fourth-order valence-corrected chi connectivity index (χ4v) is 2.12. The molecule has 0 spiro atoms. The van der Waals surface area contributed by atoms with Crippen LogP contribution in [0.3, 0.4) is 0 Å². The Hall–Kier alpha value is 0.0600. The molecule has 5 heteroatoms. The van der Waals surface area contributed by atoms with Gasteiger partial charge in [-0.1, -0.05) is 22.0 Å². The molecule has 66 valence electrons. The van der Waals surface area contributed by atoms with E-state index in [9.17, 15) is 0 Å². The lowest BCUT2D eigenvalue weighted by molar-refractivity contribution is 0.0364. The highest BCUT2D eigenvalue weighted by Crippen LogP contribution is 2.20. The third-order valence-corrected chi connectivity index (χ3v) is 3.17. The summed E-state index contributed by atoms with van der Waals surface area (Å²) in [5, 5.41) is 6.12. The molecule has 1 aromatic heterocycles. The summed E-state index contributed by atoms with van der Waals surface area (Å²) in [7, 11) is 0. The van der Waals surface area contributed by atoms with E-state index in [-0.39, 0.29) is 12.4 Å². The molecule has 0 saturated carbocycles. The smallest absolute Gasteiger partial charge is 0.140 e. The molecule has 2 rings (SSSR count). The SMILES string of the molecule is BrCC1NC(c2cccs2)NO1. The minimum atomic E-state index is 0.0668. The lowest BCUT2D eigenvalue weighted by Gasteiger charge is -2.05. The van der Waals surface area contributed by atoms with E-state index in [2.05, 4.69) is 38.2 Å². The van der Waals surface area contributed by atoms with Crippen LogP contribution in [0.15, 0.2) is 17.5 Å². The van der Waals surface area contributed by atoms with Crippen molar-refractivity contribution in [1.82, 2.24) is 10.8 Å². The van der Waals surface area contributed by atoms with Crippen LogP contribution in [-0.2, 0) is 4.84 Å². The molecule has 2 heterocycles. The molecule has 1 fully saturated rings. The highest BCUT2D eigenvalue weighted by molar-refractivity contribution is 9.09. The zero-order chi connectivity index (χ0) is 8.39. The molecule has 3 nitrogen and oxygen atoms in total. The second-order valence-corrected chi connectivity index (χ2v) is 4.12. The van der Waals surface area contributed by atoms with Gasteiger partial charge in [-0.05, 0) is 11.4 Å². The van der Waals surface area contributed by atoms with Crippen molar-refractivity contribution in [2.75, 3.05) is 5.33 Å². The van der Waals surface area contributed by atoms with Crippen LogP contribution in [0.1, 0.15) is 11.0 Å². The van der Waals surface area contributed by atoms with Gasteiger partial charge in [-0.2, -0.15) is 5.48 Å². The van der Waals surface area contributed by atoms with Gasteiger partial charge in [0.05, 0.1) is 0 Å². The number of nitrogens with one attached hydrogen (secondary N) is 2. The van der Waals surface area contributed by atoms with Gasteiger partial charge < -0.3 is 0 Å². The van der Waals surface area contributed by atoms with Crippen molar-refractivity contribution in [2.45, 2.75) is 12.4 Å². The van der Waals surface area contributed by atoms with E-state index >= 15 is 0 Å². The van der Waals surface area contributed by atoms with Gasteiger partial charge in [-0.15, -0.1) is 11.3 Å². The summed E-state index contributed by atoms with van der Waals surface area (Å²) in [6, 6.07) is 4.11. The molecule has 2 unspecified atom stereocenters. The second-order valence-electron chi connectivity index (χ2n) is 2.49. The summed E-state index contributed by atoms with van der Waals surface area (Å²) in [6.07, 6.45) is 0.213. The lowest BCUT2D eigenvalue weighted by Crippen LogP contribution is -2.26. The van der Waals surface area contributed by atoms with Crippen molar-refractivity contribution in [1.29, 1.82) is 0 Å². The third-order valence-electron chi connectivity index (χ3n) is 1.65. The molecule has 0 amide bonds. The van der Waals surface area contributed by atoms with Crippen molar-refractivity contribution in [3.63, 3.8) is 0 Å². The molecule has 1 aromatic rings. The van der Waals surface area contributed by atoms with Gasteiger partial charge in [0.25, 0.3) is 0 Å². The molecule has 1 aliphatic heterocycles. The Morgan fingerprint density at radius 3 is 3.17 bits per heavy atom. The zero-order valence-electron chi connectivity index (χ0n) is 6.29. The van der Waals surface area contributed by atoms with Crippen molar-refractivity contribution >= 4 is 27.3 Å². The first-order valence-corrected chi connectivity index (χ1v) is 5.67. The van der Waals surface area contributed by atoms with Crippen molar-refractivity contribution < 1.29 is 4.84 Å². The number of hydroxylamine groups is 1. The Balaban J connectivity index is 2.00. The Bertz CT molecular complexity index is 242. The zero-order valence-corrected chi connectivity index (χ0v) is 8.69. The van der Waals surface area contributed by atoms with E-state index in [0.717, 1.165) is 5.33 Å². The molecule has 2 N–H and O–H groups in total. The predicted molar refractivity (Wildman–Crippen MR) is 52.0 cm³/mol. The average molecular weight is 249 g/mol. The molecule has 0 bridgehead atoms. The fraction of sp³-hybridized carbons (Fsp3) is 0.429. The fourth-order valence-electron chi connectivity index (χ4n) is 1.08. The van der Waals surface area contributed by atoms with E-state index in [4.69, 9.17) is 4.84 Å². The van der Waals surface area contributed by atoms with Gasteiger partial charge in [0.2, 0.25) is 0 Å². The van der Waals surface area contributed by atoms with E-state index < -0.39 is 0 Å². The summed E-state index contributed by atoms with van der Waals surface area (Å²) in [5.41, 5.74) is 2.93. The Morgan fingerprint density at radius 2 is 2.58 bits per heavy atom. The topological polar surface area (TPSA) is 33.3 Å². The Morgan fingerprint density at radius 1 is 1.67 bits per heavy atom. The van der Waals surface area contributed by atoms with Crippen molar-refractivity contribution in [3.05, 3.63) is 22.4 Å². The van der Waals surface area contributed by atoms with Crippen LogP contribution in [0, 0.1) is 0 Å². The first-order chi connectivity index (χ1) is 5.90. The Kier molecular flexibility index (Phi) is 2.77. The van der Waals surface area contributed by atoms with Gasteiger partial charge in [-0.25, -0.2) is 0 Å². The van der Waals surface area contributed by atoms with Gasteiger partial charge in [0, 0.05) is 10.2 Å². The summed E-state index contributed by atoms with van der Waals surface area (Å²) < 4.78 is 0. The van der Waals surface area contributed by atoms with E-state index in [1.807, 2.05) is 6.07 Å². The Labute approximate surface area is 83.2 Å². The largest absolute Gasteiger partial charge is 0.280 e. The highest BCUT2D eigenvalue weighted by Gasteiger charge is 2.24. The average Bonchev–Trinajstić information content (AvgIpc) is 2.75. The number of hydrogen-bond donors (Lipinski definition) is 2. The van der Waals surface area contributed by atoms with Crippen LogP contribution < -0.4 is 10.8 Å². The lowest BCUT2D eigenvalue weighted by atomic mass is 10.4. The molecule has 0 radical (unpaired) electrons. The minimum absolute atomic E-state index is 0.0668. The highest BCUT2D eigenvalue weighted by atomic mass is 79.9. The van der Waals surface area contributed by atoms with Crippen LogP contribution in [0.2, 0.25) is 0 Å². The van der Waals surface area contributed by atoms with Crippen molar-refractivity contribution in [2.24, 2.45) is 0 Å². The van der Waals surface area contributed by atoms with Crippen LogP contribution in [0.4, 0.5) is 0 Å². The molecule has 2 atom stereocenters. The molecular weight excluding hydrogens is 240 g/mol. The minimum Gasteiger partial charge on any atom is -0.280 e. The number of alkyl halides is 1. The number of rotatable bonds is 2. The maximum Gasteiger partial charge on any atom is 0.140 e. The summed E-state index contributed by atoms with van der Waals surface area (Å²) in [6.45, 7) is 0. The molecule has 1 aliphatic rings. The van der Waals surface area contributed by atoms with Gasteiger partial charge in [0.1, 0.15) is 12.4 Å². The van der Waals surface area contributed by atoms with Crippen molar-refractivity contribution in [3.8, 4) is 0 Å². The normalized spacial score (nSPS) is 29.4. The molecule has 0 aliphatic carbocycles. The molecule has 1 saturated heterocycles. The van der Waals surface area contributed by atoms with Gasteiger partial charge in [0.15, 0.2) is 0 Å². The molecule has 0 aromatic carbocycles. The number of hydrogen-bond acceptors (Lipinski definition) is 4. The predicted octanol–water partition coefficient (Wildman–Crippen LogP) is 1.59. The summed E-state index contributed by atoms with van der Waals surface area (Å²) in [5.74, 6) is 0. The van der Waals surface area contributed by atoms with Crippen LogP contribution in [0.5, 0.6) is 0 Å². The van der Waals surface area contributed by atoms with Crippen LogP contribution in [-0.4, -0.2) is 11.6 Å². The first kappa shape index (κ1) is 8.65. The third kappa shape index (κ3) is 1.70. The quantitative estimate of drug-likeness (QED) is 0.781. The number of halogens is 1. The second kappa shape index (κ2) is 3.85. The van der Waals surface area contributed by atoms with E-state index in [0.29, 0.717) is 0 Å². The number of thiophene rings is 1. The molecular formula is C7H9BrN2OS. The van der Waals surface area contributed by atoms with E-state index in [1.165, 1.54) is 4.88 Å². The standard InChI is InChI=1S/C7H9BrN2OS/c8-4-6-9-7(10-11-6)5-2-1-3-12-5/h1-3,6-7,9-10H,4H2. The summed E-state index contributed by atoms with van der Waals surface area (Å²) in [4.78, 5) is 6.49. The monoisotopic (exact) mass is 248 g/mol. The molecule has 12 heavy (non-hydrogen) atoms. The first-order valence-electron chi connectivity index (χ1n) is 3.67.